The minimum Gasteiger partial charge on any atom is -0.364 e. The van der Waals surface area contributed by atoms with Gasteiger partial charge in [-0.1, -0.05) is 6.92 Å². The summed E-state index contributed by atoms with van der Waals surface area (Å²) in [6, 6.07) is 0.261. The van der Waals surface area contributed by atoms with E-state index in [9.17, 15) is 9.59 Å². The zero-order chi connectivity index (χ0) is 15.0. The van der Waals surface area contributed by atoms with Crippen LogP contribution >= 0.6 is 11.3 Å². The Morgan fingerprint density at radius 2 is 2.29 bits per heavy atom. The molecule has 0 aliphatic carbocycles. The molecule has 0 aromatic carbocycles. The molecule has 1 aromatic heterocycles. The topological polar surface area (TPSA) is 79.5 Å². The number of anilines is 1. The number of hydrogen-bond donors (Lipinski definition) is 1. The van der Waals surface area contributed by atoms with Crippen LogP contribution in [0.3, 0.4) is 0 Å². The monoisotopic (exact) mass is 308 g/mol. The van der Waals surface area contributed by atoms with Gasteiger partial charge in [-0.2, -0.15) is 0 Å². The molecule has 2 N–H and O–H groups in total. The van der Waals surface area contributed by atoms with Crippen LogP contribution < -0.4 is 10.6 Å². The van der Waals surface area contributed by atoms with Crippen molar-refractivity contribution in [3.8, 4) is 0 Å². The summed E-state index contributed by atoms with van der Waals surface area (Å²) >= 11 is 1.43. The number of hydrogen-bond acceptors (Lipinski definition) is 5. The fraction of sp³-hybridized carbons (Fsp3) is 0.643. The molecular formula is C14H20N4O2S. The van der Waals surface area contributed by atoms with E-state index in [0.717, 1.165) is 37.5 Å². The number of aromatic nitrogens is 1. The van der Waals surface area contributed by atoms with Crippen molar-refractivity contribution < 1.29 is 9.59 Å². The Balaban J connectivity index is 1.83. The molecular weight excluding hydrogens is 288 g/mol. The molecule has 3 aliphatic heterocycles. The maximum absolute atomic E-state index is 12.5. The minimum atomic E-state index is -0.501. The Bertz CT molecular complexity index is 559. The Kier molecular flexibility index (Phi) is 3.84. The maximum atomic E-state index is 12.5. The van der Waals surface area contributed by atoms with Crippen molar-refractivity contribution in [1.82, 2.24) is 9.88 Å². The predicted molar refractivity (Wildman–Crippen MR) is 81.4 cm³/mol. The molecule has 1 aromatic rings. The van der Waals surface area contributed by atoms with Gasteiger partial charge in [0.2, 0.25) is 5.91 Å². The van der Waals surface area contributed by atoms with Crippen LogP contribution in [0.5, 0.6) is 0 Å². The lowest BCUT2D eigenvalue weighted by molar-refractivity contribution is -0.139. The van der Waals surface area contributed by atoms with Gasteiger partial charge in [-0.05, 0) is 19.3 Å². The van der Waals surface area contributed by atoms with Crippen LogP contribution in [-0.2, 0) is 4.79 Å². The second kappa shape index (κ2) is 5.63. The molecule has 0 unspecified atom stereocenters. The van der Waals surface area contributed by atoms with Gasteiger partial charge in [0.1, 0.15) is 5.69 Å². The summed E-state index contributed by atoms with van der Waals surface area (Å²) in [7, 11) is 0. The number of amides is 2. The molecule has 2 bridgehead atoms. The van der Waals surface area contributed by atoms with Crippen molar-refractivity contribution in [3.63, 3.8) is 0 Å². The van der Waals surface area contributed by atoms with Crippen LogP contribution in [0, 0.1) is 5.92 Å². The van der Waals surface area contributed by atoms with E-state index in [4.69, 9.17) is 5.73 Å². The summed E-state index contributed by atoms with van der Waals surface area (Å²) in [6.45, 7) is 4.43. The molecule has 7 heteroatoms. The zero-order valence-electron chi connectivity index (χ0n) is 12.1. The smallest absolute Gasteiger partial charge is 0.268 e. The standard InChI is InChI=1S/C14H20N4O2S/c1-2-5-18-10-4-3-9(13(18)20)6-17(7-10)14-16-11(8-21-14)12(15)19/h8-10H,2-7H2,1H3,(H2,15,19)/t9-,10+/m1/s1. The highest BCUT2D eigenvalue weighted by molar-refractivity contribution is 7.13. The Morgan fingerprint density at radius 1 is 1.48 bits per heavy atom. The Labute approximate surface area is 127 Å². The highest BCUT2D eigenvalue weighted by atomic mass is 32.1. The van der Waals surface area contributed by atoms with Gasteiger partial charge >= 0.3 is 0 Å². The van der Waals surface area contributed by atoms with Crippen LogP contribution in [-0.4, -0.2) is 47.4 Å². The number of piperidine rings is 1. The third-order valence-electron chi connectivity index (χ3n) is 4.27. The summed E-state index contributed by atoms with van der Waals surface area (Å²) < 4.78 is 0. The van der Waals surface area contributed by atoms with Crippen LogP contribution in [0.4, 0.5) is 5.13 Å². The minimum absolute atomic E-state index is 0.0521. The summed E-state index contributed by atoms with van der Waals surface area (Å²) in [4.78, 5) is 32.2. The van der Waals surface area contributed by atoms with E-state index >= 15 is 0 Å². The zero-order valence-corrected chi connectivity index (χ0v) is 12.9. The molecule has 2 atom stereocenters. The highest BCUT2D eigenvalue weighted by Crippen LogP contribution is 2.32. The number of carbonyl (C=O) groups is 2. The van der Waals surface area contributed by atoms with E-state index in [1.54, 1.807) is 5.38 Å². The molecule has 3 saturated heterocycles. The van der Waals surface area contributed by atoms with Crippen LogP contribution in [0.15, 0.2) is 5.38 Å². The SMILES string of the molecule is CCCN1C(=O)[C@@H]2CC[C@H]1CN(c1nc(C(N)=O)cs1)C2. The fourth-order valence-corrected chi connectivity index (χ4v) is 4.09. The maximum Gasteiger partial charge on any atom is 0.268 e. The van der Waals surface area contributed by atoms with E-state index < -0.39 is 5.91 Å². The van der Waals surface area contributed by atoms with Crippen molar-refractivity contribution in [3.05, 3.63) is 11.1 Å². The van der Waals surface area contributed by atoms with E-state index in [2.05, 4.69) is 16.8 Å². The lowest BCUT2D eigenvalue weighted by atomic mass is 9.94. The number of nitrogens with two attached hydrogens (primary N) is 1. The first-order valence-corrected chi connectivity index (χ1v) is 8.29. The second-order valence-corrected chi connectivity index (χ2v) is 6.58. The Hall–Kier alpha value is -1.63. The largest absolute Gasteiger partial charge is 0.364 e. The van der Waals surface area contributed by atoms with Crippen LogP contribution in [0.1, 0.15) is 36.7 Å². The van der Waals surface area contributed by atoms with Gasteiger partial charge in [-0.3, -0.25) is 9.59 Å². The van der Waals surface area contributed by atoms with Crippen molar-refractivity contribution in [2.45, 2.75) is 32.2 Å². The van der Waals surface area contributed by atoms with Gasteiger partial charge in [0.15, 0.2) is 5.13 Å². The second-order valence-electron chi connectivity index (χ2n) is 5.74. The average Bonchev–Trinajstić information content (AvgIpc) is 2.80. The molecule has 4 heterocycles. The molecule has 114 valence electrons. The van der Waals surface area contributed by atoms with Gasteiger partial charge in [-0.15, -0.1) is 11.3 Å². The first-order chi connectivity index (χ1) is 10.1. The number of primary amides is 1. The van der Waals surface area contributed by atoms with Gasteiger partial charge < -0.3 is 15.5 Å². The number of fused-ring (bicyclic) bond motifs is 4. The lowest BCUT2D eigenvalue weighted by Gasteiger charge is -2.35. The summed E-state index contributed by atoms with van der Waals surface area (Å²) in [6.07, 6.45) is 2.99. The Morgan fingerprint density at radius 3 is 2.95 bits per heavy atom. The number of thiazole rings is 1. The van der Waals surface area contributed by atoms with Crippen molar-refractivity contribution in [1.29, 1.82) is 0 Å². The molecule has 3 aliphatic rings. The summed E-state index contributed by atoms with van der Waals surface area (Å²) in [5, 5.41) is 2.49. The first kappa shape index (κ1) is 14.3. The van der Waals surface area contributed by atoms with Crippen LogP contribution in [0.25, 0.3) is 0 Å². The number of rotatable bonds is 4. The molecule has 21 heavy (non-hydrogen) atoms. The molecule has 2 amide bonds. The molecule has 6 nitrogen and oxygen atoms in total. The van der Waals surface area contributed by atoms with Crippen molar-refractivity contribution in [2.75, 3.05) is 24.5 Å². The van der Waals surface area contributed by atoms with Gasteiger partial charge in [-0.25, -0.2) is 4.98 Å². The van der Waals surface area contributed by atoms with Crippen LogP contribution in [0.2, 0.25) is 0 Å². The van der Waals surface area contributed by atoms with E-state index in [-0.39, 0.29) is 17.9 Å². The van der Waals surface area contributed by atoms with Gasteiger partial charge in [0.25, 0.3) is 5.91 Å². The number of carbonyl (C=O) groups excluding carboxylic acids is 2. The quantitative estimate of drug-likeness (QED) is 0.902. The van der Waals surface area contributed by atoms with Crippen molar-refractivity contribution >= 4 is 28.3 Å². The van der Waals surface area contributed by atoms with Gasteiger partial charge in [0.05, 0.1) is 5.92 Å². The van der Waals surface area contributed by atoms with E-state index in [1.165, 1.54) is 11.3 Å². The first-order valence-electron chi connectivity index (χ1n) is 7.41. The highest BCUT2D eigenvalue weighted by Gasteiger charge is 2.40. The molecule has 0 spiro atoms. The van der Waals surface area contributed by atoms with E-state index in [1.807, 2.05) is 4.90 Å². The molecule has 4 rings (SSSR count). The van der Waals surface area contributed by atoms with Gasteiger partial charge in [0, 0.05) is 31.1 Å². The predicted octanol–water partition coefficient (Wildman–Crippen LogP) is 1.08. The third-order valence-corrected chi connectivity index (χ3v) is 5.17. The molecule has 0 saturated carbocycles. The molecule has 0 radical (unpaired) electrons. The molecule has 3 fully saturated rings. The fourth-order valence-electron chi connectivity index (χ4n) is 3.25. The summed E-state index contributed by atoms with van der Waals surface area (Å²) in [5.74, 6) is -0.169. The lowest BCUT2D eigenvalue weighted by Crippen LogP contribution is -2.48. The van der Waals surface area contributed by atoms with Crippen molar-refractivity contribution in [2.24, 2.45) is 11.7 Å². The third kappa shape index (κ3) is 2.62. The van der Waals surface area contributed by atoms with E-state index in [0.29, 0.717) is 12.2 Å². The summed E-state index contributed by atoms with van der Waals surface area (Å²) in [5.41, 5.74) is 5.57. The average molecular weight is 308 g/mol. The normalized spacial score (nSPS) is 25.3. The number of nitrogens with zero attached hydrogens (tertiary/aromatic N) is 3.